The van der Waals surface area contributed by atoms with Gasteiger partial charge >= 0.3 is 19.8 Å². The Balaban J connectivity index is 4.56. The van der Waals surface area contributed by atoms with Crippen molar-refractivity contribution in [2.75, 3.05) is 47.5 Å². The molecule has 10 heteroatoms. The third kappa shape index (κ3) is 27.0. The molecule has 0 heterocycles. The number of nitrogens with zero attached hydrogens (tertiary/aromatic N) is 1. The number of rotatable bonds is 27. The van der Waals surface area contributed by atoms with Crippen molar-refractivity contribution in [2.45, 2.75) is 129 Å². The van der Waals surface area contributed by atoms with Crippen LogP contribution in [-0.4, -0.2) is 74.9 Å². The van der Waals surface area contributed by atoms with Crippen molar-refractivity contribution in [1.29, 1.82) is 0 Å². The van der Waals surface area contributed by atoms with Crippen LogP contribution in [0.1, 0.15) is 123 Å². The molecule has 0 aliphatic carbocycles. The summed E-state index contributed by atoms with van der Waals surface area (Å²) in [5, 5.41) is 0. The number of quaternary nitrogens is 1. The maximum atomic E-state index is 12.4. The van der Waals surface area contributed by atoms with Gasteiger partial charge in [-0.25, -0.2) is 4.57 Å². The Labute approximate surface area is 238 Å². The molecule has 0 bridgehead atoms. The summed E-state index contributed by atoms with van der Waals surface area (Å²) in [6, 6.07) is 0. The third-order valence-corrected chi connectivity index (χ3v) is 7.37. The largest absolute Gasteiger partial charge is 0.472 e. The first-order valence-corrected chi connectivity index (χ1v) is 16.8. The van der Waals surface area contributed by atoms with Crippen LogP contribution in [0.4, 0.5) is 0 Å². The highest BCUT2D eigenvalue weighted by Gasteiger charge is 2.27. The van der Waals surface area contributed by atoms with Gasteiger partial charge in [-0.15, -0.1) is 0 Å². The molecule has 39 heavy (non-hydrogen) atoms. The van der Waals surface area contributed by atoms with Gasteiger partial charge in [0.2, 0.25) is 0 Å². The average molecular weight is 581 g/mol. The van der Waals surface area contributed by atoms with Crippen LogP contribution in [0.2, 0.25) is 0 Å². The number of likely N-dealkylation sites (N-methyl/N-ethyl adjacent to an activating group) is 1. The lowest BCUT2D eigenvalue weighted by atomic mass is 10.1. The molecule has 0 aliphatic heterocycles. The summed E-state index contributed by atoms with van der Waals surface area (Å²) < 4.78 is 33.8. The third-order valence-electron chi connectivity index (χ3n) is 6.39. The van der Waals surface area contributed by atoms with Gasteiger partial charge in [0.05, 0.1) is 27.7 Å². The number of hydrogen-bond acceptors (Lipinski definition) is 7. The van der Waals surface area contributed by atoms with Gasteiger partial charge in [-0.05, 0) is 12.8 Å². The number of carbonyl (C=O) groups is 2. The predicted octanol–water partition coefficient (Wildman–Crippen LogP) is 6.95. The molecular weight excluding hydrogens is 521 g/mol. The van der Waals surface area contributed by atoms with E-state index in [0.717, 1.165) is 32.1 Å². The molecule has 9 nitrogen and oxygen atoms in total. The highest BCUT2D eigenvalue weighted by atomic mass is 31.2. The standard InChI is InChI=1S/C29H58NO8P/c1-6-8-10-12-14-16-18-20-22-29(32)38-27(26-37-39(33,34)36-24-23-30(3,4)5)25-35-28(31)21-19-17-15-13-11-9-7-2/h27H,6-26H2,1-5H3/p+1/t27-/m1/s1. The smallest absolute Gasteiger partial charge is 0.462 e. The molecule has 2 atom stereocenters. The lowest BCUT2D eigenvalue weighted by Gasteiger charge is -2.24. The number of unbranched alkanes of at least 4 members (excludes halogenated alkanes) is 13. The molecule has 0 saturated carbocycles. The predicted molar refractivity (Wildman–Crippen MR) is 155 cm³/mol. The number of phosphoric ester groups is 1. The Hall–Kier alpha value is -0.990. The molecule has 0 fully saturated rings. The summed E-state index contributed by atoms with van der Waals surface area (Å²) in [5.74, 6) is -0.810. The summed E-state index contributed by atoms with van der Waals surface area (Å²) in [6.45, 7) is 4.30. The van der Waals surface area contributed by atoms with Crippen LogP contribution in [0.5, 0.6) is 0 Å². The van der Waals surface area contributed by atoms with Crippen molar-refractivity contribution < 1.29 is 42.1 Å². The van der Waals surface area contributed by atoms with Gasteiger partial charge in [-0.3, -0.25) is 18.6 Å². The van der Waals surface area contributed by atoms with Crippen LogP contribution < -0.4 is 0 Å². The summed E-state index contributed by atoms with van der Waals surface area (Å²) in [4.78, 5) is 34.6. The van der Waals surface area contributed by atoms with Crippen molar-refractivity contribution >= 4 is 19.8 Å². The van der Waals surface area contributed by atoms with Gasteiger partial charge in [0, 0.05) is 12.8 Å². The number of esters is 2. The second-order valence-corrected chi connectivity index (χ2v) is 13.0. The Morgan fingerprint density at radius 3 is 1.64 bits per heavy atom. The molecule has 1 N–H and O–H groups in total. The zero-order valence-electron chi connectivity index (χ0n) is 25.6. The van der Waals surface area contributed by atoms with Crippen molar-refractivity contribution in [3.05, 3.63) is 0 Å². The van der Waals surface area contributed by atoms with E-state index in [-0.39, 0.29) is 25.6 Å². The zero-order valence-corrected chi connectivity index (χ0v) is 26.5. The normalized spacial score (nSPS) is 14.1. The minimum Gasteiger partial charge on any atom is -0.462 e. The molecule has 0 aliphatic rings. The second kappa shape index (κ2) is 23.7. The maximum absolute atomic E-state index is 12.4. The van der Waals surface area contributed by atoms with E-state index in [1.165, 1.54) is 57.8 Å². The quantitative estimate of drug-likeness (QED) is 0.0481. The van der Waals surface area contributed by atoms with Gasteiger partial charge in [0.25, 0.3) is 0 Å². The topological polar surface area (TPSA) is 108 Å². The van der Waals surface area contributed by atoms with E-state index in [9.17, 15) is 19.0 Å². The first-order valence-electron chi connectivity index (χ1n) is 15.3. The van der Waals surface area contributed by atoms with Gasteiger partial charge in [-0.1, -0.05) is 97.3 Å². The van der Waals surface area contributed by atoms with E-state index < -0.39 is 26.5 Å². The SMILES string of the molecule is CCCCCCCCCCC(=O)O[C@H](COC(=O)CCCCCCCCC)COP(=O)(O)OCC[N+](C)(C)C. The van der Waals surface area contributed by atoms with Gasteiger partial charge in [0.15, 0.2) is 6.10 Å². The minimum absolute atomic E-state index is 0.0353. The summed E-state index contributed by atoms with van der Waals surface area (Å²) >= 11 is 0. The Kier molecular flexibility index (Phi) is 23.1. The fourth-order valence-electron chi connectivity index (χ4n) is 3.89. The first-order chi connectivity index (χ1) is 18.5. The van der Waals surface area contributed by atoms with E-state index in [1.54, 1.807) is 0 Å². The van der Waals surface area contributed by atoms with E-state index in [4.69, 9.17) is 18.5 Å². The van der Waals surface area contributed by atoms with Crippen molar-refractivity contribution in [1.82, 2.24) is 0 Å². The van der Waals surface area contributed by atoms with Gasteiger partial charge in [-0.2, -0.15) is 0 Å². The highest BCUT2D eigenvalue weighted by Crippen LogP contribution is 2.43. The Morgan fingerprint density at radius 2 is 1.15 bits per heavy atom. The van der Waals surface area contributed by atoms with E-state index in [1.807, 2.05) is 21.1 Å². The van der Waals surface area contributed by atoms with E-state index in [2.05, 4.69) is 13.8 Å². The fourth-order valence-corrected chi connectivity index (χ4v) is 4.63. The molecule has 0 rings (SSSR count). The number of phosphoric acid groups is 1. The lowest BCUT2D eigenvalue weighted by Crippen LogP contribution is -2.37. The molecule has 0 aromatic rings. The zero-order chi connectivity index (χ0) is 29.4. The van der Waals surface area contributed by atoms with Crippen molar-refractivity contribution in [2.24, 2.45) is 0 Å². The molecule has 0 aromatic carbocycles. The number of hydrogen-bond donors (Lipinski definition) is 1. The molecule has 0 radical (unpaired) electrons. The van der Waals surface area contributed by atoms with Crippen LogP contribution >= 0.6 is 7.82 Å². The van der Waals surface area contributed by atoms with Crippen LogP contribution in [0.25, 0.3) is 0 Å². The molecule has 0 saturated heterocycles. The summed E-state index contributed by atoms with van der Waals surface area (Å²) in [5.41, 5.74) is 0. The van der Waals surface area contributed by atoms with Crippen LogP contribution in [0, 0.1) is 0 Å². The van der Waals surface area contributed by atoms with Crippen LogP contribution in [0.3, 0.4) is 0 Å². The Bertz CT molecular complexity index is 668. The monoisotopic (exact) mass is 580 g/mol. The molecule has 0 amide bonds. The maximum Gasteiger partial charge on any atom is 0.472 e. The summed E-state index contributed by atoms with van der Waals surface area (Å²) in [7, 11) is 1.48. The Morgan fingerprint density at radius 1 is 0.692 bits per heavy atom. The second-order valence-electron chi connectivity index (χ2n) is 11.5. The van der Waals surface area contributed by atoms with Crippen molar-refractivity contribution in [3.63, 3.8) is 0 Å². The number of carbonyl (C=O) groups excluding carboxylic acids is 2. The fraction of sp³-hybridized carbons (Fsp3) is 0.931. The van der Waals surface area contributed by atoms with Crippen molar-refractivity contribution in [3.8, 4) is 0 Å². The molecule has 0 aromatic heterocycles. The summed E-state index contributed by atoms with van der Waals surface area (Å²) in [6.07, 6.45) is 16.1. The average Bonchev–Trinajstić information content (AvgIpc) is 2.85. The first kappa shape index (κ1) is 38.0. The molecule has 0 spiro atoms. The van der Waals surface area contributed by atoms with E-state index >= 15 is 0 Å². The van der Waals surface area contributed by atoms with Crippen LogP contribution in [0.15, 0.2) is 0 Å². The minimum atomic E-state index is -4.34. The van der Waals surface area contributed by atoms with Gasteiger partial charge < -0.3 is 18.9 Å². The van der Waals surface area contributed by atoms with Gasteiger partial charge in [0.1, 0.15) is 19.8 Å². The number of ether oxygens (including phenoxy) is 2. The van der Waals surface area contributed by atoms with E-state index in [0.29, 0.717) is 23.9 Å². The molecular formula is C29H59NO8P+. The molecule has 1 unspecified atom stereocenters. The lowest BCUT2D eigenvalue weighted by molar-refractivity contribution is -0.870. The molecule has 232 valence electrons. The highest BCUT2D eigenvalue weighted by molar-refractivity contribution is 7.47. The van der Waals surface area contributed by atoms with Crippen LogP contribution in [-0.2, 0) is 32.7 Å².